The summed E-state index contributed by atoms with van der Waals surface area (Å²) < 4.78 is 2.56. The van der Waals surface area contributed by atoms with E-state index in [1.807, 2.05) is 18.2 Å². The first-order chi connectivity index (χ1) is 15.0. The van der Waals surface area contributed by atoms with E-state index in [0.29, 0.717) is 10.9 Å². The van der Waals surface area contributed by atoms with Crippen molar-refractivity contribution >= 4 is 39.3 Å². The number of nitrogens with zero attached hydrogens (tertiary/aromatic N) is 2. The van der Waals surface area contributed by atoms with E-state index < -0.39 is 12.1 Å². The first kappa shape index (κ1) is 21.6. The number of halogens is 1. The van der Waals surface area contributed by atoms with Gasteiger partial charge >= 0.3 is 17.2 Å². The Balaban J connectivity index is 1.80. The molecule has 4 rings (SSSR count). The molecule has 2 heterocycles. The highest BCUT2D eigenvalue weighted by Gasteiger charge is 2.37. The van der Waals surface area contributed by atoms with E-state index in [4.69, 9.17) is 5.10 Å². The van der Waals surface area contributed by atoms with E-state index in [0.717, 1.165) is 46.3 Å². The van der Waals surface area contributed by atoms with Crippen LogP contribution in [0.25, 0.3) is 11.3 Å². The number of aromatic amines is 1. The van der Waals surface area contributed by atoms with E-state index in [1.165, 1.54) is 11.8 Å². The van der Waals surface area contributed by atoms with Crippen molar-refractivity contribution in [3.05, 3.63) is 68.4 Å². The van der Waals surface area contributed by atoms with Crippen LogP contribution >= 0.6 is 27.7 Å². The maximum Gasteiger partial charge on any atom is 0.335 e. The lowest BCUT2D eigenvalue weighted by molar-refractivity contribution is -0.759. The SMILES string of the molecule is CCCCCSc1n[n+]2c(c(=O)[nH]1)-c1cc(Br)ccc1N[C@H]2c1ccc(C(=O)O)cc1. The highest BCUT2D eigenvalue weighted by molar-refractivity contribution is 9.10. The van der Waals surface area contributed by atoms with Crippen LogP contribution in [-0.2, 0) is 0 Å². The molecule has 0 bridgehead atoms. The zero-order chi connectivity index (χ0) is 22.0. The summed E-state index contributed by atoms with van der Waals surface area (Å²) in [4.78, 5) is 27.3. The van der Waals surface area contributed by atoms with Crippen molar-refractivity contribution in [2.45, 2.75) is 37.5 Å². The summed E-state index contributed by atoms with van der Waals surface area (Å²) in [7, 11) is 0. The van der Waals surface area contributed by atoms with Gasteiger partial charge in [-0.05, 0) is 53.6 Å². The number of H-pyrrole nitrogens is 1. The number of hydrogen-bond acceptors (Lipinski definition) is 5. The Bertz CT molecular complexity index is 1180. The van der Waals surface area contributed by atoms with Crippen molar-refractivity contribution in [3.63, 3.8) is 0 Å². The van der Waals surface area contributed by atoms with Crippen LogP contribution in [0.2, 0.25) is 0 Å². The number of carboxylic acid groups (broad SMARTS) is 1. The number of hydrogen-bond donors (Lipinski definition) is 3. The van der Waals surface area contributed by atoms with Crippen LogP contribution in [0, 0.1) is 0 Å². The van der Waals surface area contributed by atoms with Gasteiger partial charge < -0.3 is 10.4 Å². The van der Waals surface area contributed by atoms with Gasteiger partial charge in [-0.25, -0.2) is 4.79 Å². The van der Waals surface area contributed by atoms with E-state index in [-0.39, 0.29) is 11.1 Å². The number of nitrogens with one attached hydrogen (secondary N) is 2. The molecule has 0 saturated heterocycles. The van der Waals surface area contributed by atoms with Gasteiger partial charge in [0.2, 0.25) is 5.16 Å². The standard InChI is InChI=1S/C22H21BrN4O3S/c1-2-3-4-11-31-22-25-20(28)18-16-12-15(23)9-10-17(16)24-19(27(18)26-22)13-5-7-14(8-6-13)21(29)30/h5-10,12,19H,2-4,11H2,1H3,(H2,25,26,28,29,30)/p+1/t19-/m1/s1. The summed E-state index contributed by atoms with van der Waals surface area (Å²) in [5, 5.41) is 18.0. The van der Waals surface area contributed by atoms with Crippen molar-refractivity contribution < 1.29 is 14.6 Å². The van der Waals surface area contributed by atoms with Gasteiger partial charge in [-0.3, -0.25) is 9.78 Å². The van der Waals surface area contributed by atoms with Gasteiger partial charge in [-0.15, -0.1) is 0 Å². The zero-order valence-corrected chi connectivity index (χ0v) is 19.3. The molecule has 1 aliphatic heterocycles. The molecule has 3 N–H and O–H groups in total. The van der Waals surface area contributed by atoms with E-state index in [2.05, 4.69) is 33.2 Å². The van der Waals surface area contributed by atoms with Crippen LogP contribution in [-0.4, -0.2) is 26.9 Å². The lowest BCUT2D eigenvalue weighted by Crippen LogP contribution is -2.55. The number of unbranched alkanes of at least 4 members (excludes halogenated alkanes) is 2. The van der Waals surface area contributed by atoms with E-state index in [1.54, 1.807) is 28.9 Å². The number of rotatable bonds is 7. The minimum Gasteiger partial charge on any atom is -0.478 e. The lowest BCUT2D eigenvalue weighted by Gasteiger charge is -2.22. The Morgan fingerprint density at radius 3 is 2.71 bits per heavy atom. The Morgan fingerprint density at radius 2 is 2.00 bits per heavy atom. The van der Waals surface area contributed by atoms with Crippen LogP contribution < -0.4 is 15.6 Å². The van der Waals surface area contributed by atoms with Crippen molar-refractivity contribution in [3.8, 4) is 11.3 Å². The van der Waals surface area contributed by atoms with Crippen LogP contribution in [0.3, 0.4) is 0 Å². The fraction of sp³-hybridized carbons (Fsp3) is 0.273. The van der Waals surface area contributed by atoms with Gasteiger partial charge in [-0.1, -0.05) is 47.5 Å². The Labute approximate surface area is 192 Å². The quantitative estimate of drug-likeness (QED) is 0.251. The third-order valence-corrected chi connectivity index (χ3v) is 6.54. The first-order valence-electron chi connectivity index (χ1n) is 10.1. The van der Waals surface area contributed by atoms with Crippen LogP contribution in [0.4, 0.5) is 5.69 Å². The molecule has 160 valence electrons. The average molecular weight is 502 g/mol. The normalized spacial score (nSPS) is 14.5. The summed E-state index contributed by atoms with van der Waals surface area (Å²) in [6.07, 6.45) is 2.88. The molecule has 0 radical (unpaired) electrons. The third kappa shape index (κ3) is 4.52. The van der Waals surface area contributed by atoms with Crippen molar-refractivity contribution in [1.29, 1.82) is 0 Å². The van der Waals surface area contributed by atoms with Crippen LogP contribution in [0.1, 0.15) is 48.3 Å². The third-order valence-electron chi connectivity index (χ3n) is 5.10. The molecule has 2 aromatic carbocycles. The topological polar surface area (TPSA) is 99.0 Å². The number of aromatic nitrogens is 3. The van der Waals surface area contributed by atoms with Crippen molar-refractivity contribution in [2.75, 3.05) is 11.1 Å². The van der Waals surface area contributed by atoms with Gasteiger partial charge in [0.05, 0.1) is 16.8 Å². The maximum absolute atomic E-state index is 13.1. The number of benzene rings is 2. The highest BCUT2D eigenvalue weighted by Crippen LogP contribution is 2.34. The van der Waals surface area contributed by atoms with Gasteiger partial charge in [0.15, 0.2) is 0 Å². The Morgan fingerprint density at radius 1 is 1.23 bits per heavy atom. The summed E-state index contributed by atoms with van der Waals surface area (Å²) in [5.74, 6) is -0.101. The van der Waals surface area contributed by atoms with Crippen molar-refractivity contribution in [1.82, 2.24) is 10.1 Å². The minimum absolute atomic E-state index is 0.207. The largest absolute Gasteiger partial charge is 0.478 e. The molecule has 0 saturated carbocycles. The number of thioether (sulfide) groups is 1. The molecule has 1 aromatic heterocycles. The molecule has 0 aliphatic carbocycles. The van der Waals surface area contributed by atoms with Crippen LogP contribution in [0.15, 0.2) is 56.9 Å². The Kier molecular flexibility index (Phi) is 6.43. The molecule has 1 aliphatic rings. The molecule has 3 aromatic rings. The first-order valence-corrected chi connectivity index (χ1v) is 11.8. The van der Waals surface area contributed by atoms with E-state index in [9.17, 15) is 14.7 Å². The summed E-state index contributed by atoms with van der Waals surface area (Å²) in [6.45, 7) is 2.15. The number of carbonyl (C=O) groups is 1. The summed E-state index contributed by atoms with van der Waals surface area (Å²) in [6, 6.07) is 12.3. The van der Waals surface area contributed by atoms with Gasteiger partial charge in [-0.2, -0.15) is 0 Å². The highest BCUT2D eigenvalue weighted by atomic mass is 79.9. The maximum atomic E-state index is 13.1. The fourth-order valence-electron chi connectivity index (χ4n) is 3.53. The molecular weight excluding hydrogens is 480 g/mol. The molecule has 0 unspecified atom stereocenters. The minimum atomic E-state index is -0.980. The second kappa shape index (κ2) is 9.23. The Hall–Kier alpha value is -2.65. The number of fused-ring (bicyclic) bond motifs is 3. The zero-order valence-electron chi connectivity index (χ0n) is 16.9. The summed E-state index contributed by atoms with van der Waals surface area (Å²) >= 11 is 5.02. The van der Waals surface area contributed by atoms with Gasteiger partial charge in [0.25, 0.3) is 6.17 Å². The number of aromatic carboxylic acids is 1. The second-order valence-electron chi connectivity index (χ2n) is 7.27. The smallest absolute Gasteiger partial charge is 0.335 e. The second-order valence-corrected chi connectivity index (χ2v) is 9.27. The molecule has 31 heavy (non-hydrogen) atoms. The number of carboxylic acids is 1. The molecule has 0 amide bonds. The van der Waals surface area contributed by atoms with Crippen LogP contribution in [0.5, 0.6) is 0 Å². The predicted octanol–water partition coefficient (Wildman–Crippen LogP) is 4.44. The summed E-state index contributed by atoms with van der Waals surface area (Å²) in [5.41, 5.74) is 2.83. The predicted molar refractivity (Wildman–Crippen MR) is 124 cm³/mol. The lowest BCUT2D eigenvalue weighted by atomic mass is 10.0. The molecular formula is C22H22BrN4O3S+. The number of anilines is 1. The van der Waals surface area contributed by atoms with E-state index >= 15 is 0 Å². The molecule has 0 fully saturated rings. The fourth-order valence-corrected chi connectivity index (χ4v) is 4.74. The van der Waals surface area contributed by atoms with Gasteiger partial charge in [0.1, 0.15) is 0 Å². The molecule has 0 spiro atoms. The molecule has 7 nitrogen and oxygen atoms in total. The van der Waals surface area contributed by atoms with Crippen molar-refractivity contribution in [2.24, 2.45) is 0 Å². The monoisotopic (exact) mass is 501 g/mol. The molecule has 1 atom stereocenters. The molecule has 9 heteroatoms. The average Bonchev–Trinajstić information content (AvgIpc) is 2.76. The van der Waals surface area contributed by atoms with Gasteiger partial charge in [0, 0.05) is 20.9 Å².